The van der Waals surface area contributed by atoms with Gasteiger partial charge in [-0.15, -0.1) is 0 Å². The molecule has 1 heterocycles. The Morgan fingerprint density at radius 2 is 2.00 bits per heavy atom. The summed E-state index contributed by atoms with van der Waals surface area (Å²) in [5, 5.41) is 4.14. The van der Waals surface area contributed by atoms with Gasteiger partial charge in [0.15, 0.2) is 11.5 Å². The van der Waals surface area contributed by atoms with Crippen LogP contribution in [0.3, 0.4) is 0 Å². The van der Waals surface area contributed by atoms with Gasteiger partial charge >= 0.3 is 0 Å². The molecule has 1 aliphatic carbocycles. The maximum absolute atomic E-state index is 6.42. The molecule has 0 aromatic heterocycles. The van der Waals surface area contributed by atoms with Crippen molar-refractivity contribution >= 4 is 11.6 Å². The average molecular weight is 324 g/mol. The van der Waals surface area contributed by atoms with Crippen molar-refractivity contribution in [1.82, 2.24) is 5.32 Å². The van der Waals surface area contributed by atoms with Crippen LogP contribution in [0.1, 0.15) is 44.1 Å². The molecule has 3 nitrogen and oxygen atoms in total. The highest BCUT2D eigenvalue weighted by molar-refractivity contribution is 6.32. The molecule has 3 rings (SSSR count). The van der Waals surface area contributed by atoms with Crippen LogP contribution in [0.15, 0.2) is 12.1 Å². The maximum atomic E-state index is 6.42. The van der Waals surface area contributed by atoms with Crippen LogP contribution in [0.4, 0.5) is 0 Å². The van der Waals surface area contributed by atoms with E-state index in [9.17, 15) is 0 Å². The van der Waals surface area contributed by atoms with Crippen LogP contribution in [0, 0.1) is 5.92 Å². The van der Waals surface area contributed by atoms with Crippen LogP contribution >= 0.6 is 11.6 Å². The zero-order valence-electron chi connectivity index (χ0n) is 13.4. The van der Waals surface area contributed by atoms with Crippen molar-refractivity contribution in [2.75, 3.05) is 20.2 Å². The van der Waals surface area contributed by atoms with Crippen molar-refractivity contribution in [3.63, 3.8) is 0 Å². The van der Waals surface area contributed by atoms with E-state index in [1.807, 2.05) is 6.07 Å². The summed E-state index contributed by atoms with van der Waals surface area (Å²) in [5.41, 5.74) is 1.26. The van der Waals surface area contributed by atoms with Crippen LogP contribution < -0.4 is 14.8 Å². The Morgan fingerprint density at radius 1 is 1.18 bits per heavy atom. The van der Waals surface area contributed by atoms with E-state index in [-0.39, 0.29) is 0 Å². The van der Waals surface area contributed by atoms with Gasteiger partial charge in [-0.25, -0.2) is 0 Å². The first-order valence-electron chi connectivity index (χ1n) is 8.50. The predicted molar refractivity (Wildman–Crippen MR) is 90.2 cm³/mol. The van der Waals surface area contributed by atoms with Gasteiger partial charge in [0.25, 0.3) is 0 Å². The van der Waals surface area contributed by atoms with Crippen molar-refractivity contribution in [3.05, 3.63) is 22.7 Å². The fourth-order valence-electron chi connectivity index (χ4n) is 3.64. The molecule has 22 heavy (non-hydrogen) atoms. The molecule has 1 aliphatic heterocycles. The second-order valence-electron chi connectivity index (χ2n) is 6.55. The molecule has 1 aromatic carbocycles. The van der Waals surface area contributed by atoms with Gasteiger partial charge in [0.2, 0.25) is 0 Å². The smallest absolute Gasteiger partial charge is 0.179 e. The van der Waals surface area contributed by atoms with E-state index in [0.29, 0.717) is 22.8 Å². The summed E-state index contributed by atoms with van der Waals surface area (Å²) in [4.78, 5) is 0. The zero-order chi connectivity index (χ0) is 15.4. The van der Waals surface area contributed by atoms with Gasteiger partial charge in [0.1, 0.15) is 0 Å². The van der Waals surface area contributed by atoms with Gasteiger partial charge in [0.05, 0.1) is 18.2 Å². The molecule has 1 N–H and O–H groups in total. The molecule has 0 amide bonds. The third-order valence-electron chi connectivity index (χ3n) is 4.79. The number of halogens is 1. The molecule has 1 aromatic rings. The van der Waals surface area contributed by atoms with Crippen molar-refractivity contribution < 1.29 is 9.47 Å². The Balaban J connectivity index is 1.76. The lowest BCUT2D eigenvalue weighted by atomic mass is 9.92. The summed E-state index contributed by atoms with van der Waals surface area (Å²) < 4.78 is 11.6. The molecule has 0 radical (unpaired) electrons. The van der Waals surface area contributed by atoms with Crippen LogP contribution in [0.25, 0.3) is 0 Å². The number of ether oxygens (including phenoxy) is 2. The van der Waals surface area contributed by atoms with E-state index in [0.717, 1.165) is 38.1 Å². The van der Waals surface area contributed by atoms with Crippen molar-refractivity contribution in [3.8, 4) is 11.5 Å². The van der Waals surface area contributed by atoms with Gasteiger partial charge in [-0.1, -0.05) is 11.6 Å². The van der Waals surface area contributed by atoms with E-state index < -0.39 is 0 Å². The third kappa shape index (κ3) is 3.88. The van der Waals surface area contributed by atoms with E-state index in [1.54, 1.807) is 7.11 Å². The number of piperidine rings is 1. The number of rotatable bonds is 5. The van der Waals surface area contributed by atoms with E-state index in [1.165, 1.54) is 31.2 Å². The minimum atomic E-state index is 0.316. The number of nitrogens with one attached hydrogen (secondary N) is 1. The topological polar surface area (TPSA) is 30.5 Å². The Morgan fingerprint density at radius 3 is 2.68 bits per heavy atom. The highest BCUT2D eigenvalue weighted by Crippen LogP contribution is 2.39. The molecule has 0 bridgehead atoms. The Hall–Kier alpha value is -0.930. The standard InChI is InChI=1S/C18H26ClNO2/c1-21-18-16(19)10-14(9-13-5-4-8-20-12-13)11-17(18)22-15-6-2-3-7-15/h10-11,13,15,20H,2-9,12H2,1H3. The summed E-state index contributed by atoms with van der Waals surface area (Å²) in [6.45, 7) is 2.25. The minimum Gasteiger partial charge on any atom is -0.491 e. The lowest BCUT2D eigenvalue weighted by molar-refractivity contribution is 0.200. The molecule has 0 spiro atoms. The Labute approximate surface area is 138 Å². The molecule has 1 atom stereocenters. The van der Waals surface area contributed by atoms with Gasteiger partial charge < -0.3 is 14.8 Å². The predicted octanol–water partition coefficient (Wildman–Crippen LogP) is 4.21. The van der Waals surface area contributed by atoms with E-state index in [4.69, 9.17) is 21.1 Å². The molecule has 122 valence electrons. The van der Waals surface area contributed by atoms with Crippen LogP contribution in [0.2, 0.25) is 5.02 Å². The second kappa shape index (κ2) is 7.56. The quantitative estimate of drug-likeness (QED) is 0.880. The molecular formula is C18H26ClNO2. The van der Waals surface area contributed by atoms with Crippen LogP contribution in [-0.4, -0.2) is 26.3 Å². The normalized spacial score (nSPS) is 22.7. The fraction of sp³-hybridized carbons (Fsp3) is 0.667. The third-order valence-corrected chi connectivity index (χ3v) is 5.07. The summed E-state index contributed by atoms with van der Waals surface area (Å²) >= 11 is 6.42. The lowest BCUT2D eigenvalue weighted by Gasteiger charge is -2.24. The molecule has 4 heteroatoms. The van der Waals surface area contributed by atoms with Gasteiger partial charge in [-0.3, -0.25) is 0 Å². The SMILES string of the molecule is COc1c(Cl)cc(CC2CCCNC2)cc1OC1CCCC1. The Kier molecular flexibility index (Phi) is 5.48. The highest BCUT2D eigenvalue weighted by Gasteiger charge is 2.21. The number of benzene rings is 1. The summed E-state index contributed by atoms with van der Waals surface area (Å²) in [5.74, 6) is 2.19. The van der Waals surface area contributed by atoms with Crippen LogP contribution in [0.5, 0.6) is 11.5 Å². The average Bonchev–Trinajstić information content (AvgIpc) is 3.01. The zero-order valence-corrected chi connectivity index (χ0v) is 14.1. The fourth-order valence-corrected chi connectivity index (χ4v) is 3.95. The summed E-state index contributed by atoms with van der Waals surface area (Å²) in [6, 6.07) is 4.17. The first-order chi connectivity index (χ1) is 10.8. The monoisotopic (exact) mass is 323 g/mol. The van der Waals surface area contributed by atoms with Crippen LogP contribution in [-0.2, 0) is 6.42 Å². The first kappa shape index (κ1) is 15.9. The number of methoxy groups -OCH3 is 1. The highest BCUT2D eigenvalue weighted by atomic mass is 35.5. The lowest BCUT2D eigenvalue weighted by Crippen LogP contribution is -2.30. The molecule has 2 fully saturated rings. The minimum absolute atomic E-state index is 0.316. The summed E-state index contributed by atoms with van der Waals surface area (Å²) in [7, 11) is 1.66. The van der Waals surface area contributed by atoms with E-state index >= 15 is 0 Å². The maximum Gasteiger partial charge on any atom is 0.179 e. The number of hydrogen-bond acceptors (Lipinski definition) is 3. The van der Waals surface area contributed by atoms with Gasteiger partial charge in [0, 0.05) is 0 Å². The molecule has 1 saturated heterocycles. The number of hydrogen-bond donors (Lipinski definition) is 1. The molecule has 1 saturated carbocycles. The van der Waals surface area contributed by atoms with E-state index in [2.05, 4.69) is 11.4 Å². The van der Waals surface area contributed by atoms with Crippen molar-refractivity contribution in [2.45, 2.75) is 51.0 Å². The first-order valence-corrected chi connectivity index (χ1v) is 8.88. The molecular weight excluding hydrogens is 298 g/mol. The second-order valence-corrected chi connectivity index (χ2v) is 6.96. The van der Waals surface area contributed by atoms with Crippen molar-refractivity contribution in [1.29, 1.82) is 0 Å². The van der Waals surface area contributed by atoms with Gasteiger partial charge in [-0.2, -0.15) is 0 Å². The Bertz CT molecular complexity index is 494. The largest absolute Gasteiger partial charge is 0.491 e. The molecule has 1 unspecified atom stereocenters. The van der Waals surface area contributed by atoms with Crippen molar-refractivity contribution in [2.24, 2.45) is 5.92 Å². The summed E-state index contributed by atoms with van der Waals surface area (Å²) in [6.07, 6.45) is 8.71. The van der Waals surface area contributed by atoms with Gasteiger partial charge in [-0.05, 0) is 81.6 Å². The molecule has 2 aliphatic rings.